The molecular weight excluding hydrogens is 402 g/mol. The number of aromatic nitrogens is 3. The SMILES string of the molecule is Cc1nn(C)c2ncc(NC(=O)CCNS(=O)(=O)c3ccc4c(c3)CCCC4)cc12. The van der Waals surface area contributed by atoms with E-state index in [0.717, 1.165) is 48.0 Å². The van der Waals surface area contributed by atoms with Crippen LogP contribution in [0.3, 0.4) is 0 Å². The van der Waals surface area contributed by atoms with E-state index >= 15 is 0 Å². The zero-order chi connectivity index (χ0) is 21.3. The number of sulfonamides is 1. The van der Waals surface area contributed by atoms with Crippen molar-refractivity contribution in [2.75, 3.05) is 11.9 Å². The van der Waals surface area contributed by atoms with Crippen LogP contribution >= 0.6 is 0 Å². The zero-order valence-corrected chi connectivity index (χ0v) is 17.9. The summed E-state index contributed by atoms with van der Waals surface area (Å²) in [5.41, 5.74) is 4.46. The monoisotopic (exact) mass is 427 g/mol. The largest absolute Gasteiger partial charge is 0.325 e. The highest BCUT2D eigenvalue weighted by Crippen LogP contribution is 2.24. The molecule has 9 heteroatoms. The molecule has 1 aromatic carbocycles. The van der Waals surface area contributed by atoms with Crippen LogP contribution in [0.1, 0.15) is 36.1 Å². The average molecular weight is 428 g/mol. The highest BCUT2D eigenvalue weighted by Gasteiger charge is 2.18. The van der Waals surface area contributed by atoms with Crippen molar-refractivity contribution >= 4 is 32.7 Å². The summed E-state index contributed by atoms with van der Waals surface area (Å²) in [6.07, 6.45) is 5.74. The molecule has 0 saturated carbocycles. The lowest BCUT2D eigenvalue weighted by molar-refractivity contribution is -0.116. The van der Waals surface area contributed by atoms with E-state index in [4.69, 9.17) is 0 Å². The summed E-state index contributed by atoms with van der Waals surface area (Å²) in [6.45, 7) is 1.90. The van der Waals surface area contributed by atoms with Crippen LogP contribution in [-0.2, 0) is 34.7 Å². The van der Waals surface area contributed by atoms with E-state index in [0.29, 0.717) is 5.69 Å². The van der Waals surface area contributed by atoms with Gasteiger partial charge in [0.1, 0.15) is 0 Å². The van der Waals surface area contributed by atoms with Gasteiger partial charge < -0.3 is 5.32 Å². The van der Waals surface area contributed by atoms with Gasteiger partial charge in [-0.2, -0.15) is 5.10 Å². The normalized spacial score (nSPS) is 13.9. The molecule has 0 spiro atoms. The molecular formula is C21H25N5O3S. The Bertz CT molecular complexity index is 1220. The van der Waals surface area contributed by atoms with Gasteiger partial charge in [0.15, 0.2) is 5.65 Å². The molecule has 158 valence electrons. The number of fused-ring (bicyclic) bond motifs is 2. The quantitative estimate of drug-likeness (QED) is 0.629. The van der Waals surface area contributed by atoms with E-state index in [2.05, 4.69) is 20.1 Å². The molecule has 8 nitrogen and oxygen atoms in total. The van der Waals surface area contributed by atoms with Crippen LogP contribution < -0.4 is 10.0 Å². The molecule has 1 amide bonds. The fraction of sp³-hybridized carbons (Fsp3) is 0.381. The van der Waals surface area contributed by atoms with Gasteiger partial charge in [-0.3, -0.25) is 9.48 Å². The third kappa shape index (κ3) is 4.22. The Balaban J connectivity index is 1.35. The van der Waals surface area contributed by atoms with Crippen molar-refractivity contribution in [1.82, 2.24) is 19.5 Å². The van der Waals surface area contributed by atoms with Crippen LogP contribution in [0.4, 0.5) is 5.69 Å². The van der Waals surface area contributed by atoms with Gasteiger partial charge in [0, 0.05) is 25.4 Å². The Labute approximate surface area is 175 Å². The fourth-order valence-corrected chi connectivity index (χ4v) is 4.94. The van der Waals surface area contributed by atoms with Crippen molar-refractivity contribution in [1.29, 1.82) is 0 Å². The summed E-state index contributed by atoms with van der Waals surface area (Å²) in [5, 5.41) is 7.94. The predicted molar refractivity (Wildman–Crippen MR) is 115 cm³/mol. The van der Waals surface area contributed by atoms with Gasteiger partial charge in [0.05, 0.1) is 22.5 Å². The first-order chi connectivity index (χ1) is 14.3. The predicted octanol–water partition coefficient (Wildman–Crippen LogP) is 2.46. The van der Waals surface area contributed by atoms with Crippen molar-refractivity contribution in [3.05, 3.63) is 47.3 Å². The maximum atomic E-state index is 12.6. The van der Waals surface area contributed by atoms with Gasteiger partial charge in [-0.1, -0.05) is 6.07 Å². The van der Waals surface area contributed by atoms with Crippen molar-refractivity contribution in [2.24, 2.45) is 7.05 Å². The van der Waals surface area contributed by atoms with Gasteiger partial charge >= 0.3 is 0 Å². The average Bonchev–Trinajstić information content (AvgIpc) is 3.00. The molecule has 3 aromatic rings. The van der Waals surface area contributed by atoms with Gasteiger partial charge in [0.2, 0.25) is 15.9 Å². The number of aryl methyl sites for hydroxylation is 4. The Morgan fingerprint density at radius 1 is 1.17 bits per heavy atom. The van der Waals surface area contributed by atoms with Crippen LogP contribution in [-0.4, -0.2) is 35.6 Å². The number of anilines is 1. The lowest BCUT2D eigenvalue weighted by Crippen LogP contribution is -2.28. The molecule has 0 bridgehead atoms. The second-order valence-corrected chi connectivity index (χ2v) is 9.40. The fourth-order valence-electron chi connectivity index (χ4n) is 3.86. The van der Waals surface area contributed by atoms with Crippen molar-refractivity contribution in [3.8, 4) is 0 Å². The standard InChI is InChI=1S/C21H25N5O3S/c1-14-19-12-17(13-22-21(19)26(2)25-14)24-20(27)9-10-23-30(28,29)18-8-7-15-5-3-4-6-16(15)11-18/h7-8,11-13,23H,3-6,9-10H2,1-2H3,(H,24,27). The van der Waals surface area contributed by atoms with Crippen LogP contribution in [0.25, 0.3) is 11.0 Å². The van der Waals surface area contributed by atoms with Crippen LogP contribution in [0.5, 0.6) is 0 Å². The number of benzene rings is 1. The van der Waals surface area contributed by atoms with Crippen LogP contribution in [0.2, 0.25) is 0 Å². The first kappa shape index (κ1) is 20.5. The lowest BCUT2D eigenvalue weighted by atomic mass is 9.92. The molecule has 2 heterocycles. The molecule has 4 rings (SSSR count). The van der Waals surface area contributed by atoms with E-state index in [9.17, 15) is 13.2 Å². The first-order valence-corrected chi connectivity index (χ1v) is 11.5. The minimum Gasteiger partial charge on any atom is -0.325 e. The maximum Gasteiger partial charge on any atom is 0.240 e. The number of nitrogens with zero attached hydrogens (tertiary/aromatic N) is 3. The van der Waals surface area contributed by atoms with Gasteiger partial charge in [-0.25, -0.2) is 18.1 Å². The highest BCUT2D eigenvalue weighted by atomic mass is 32.2. The summed E-state index contributed by atoms with van der Waals surface area (Å²) in [6, 6.07) is 7.12. The minimum absolute atomic E-state index is 0.0207. The van der Waals surface area contributed by atoms with E-state index in [1.54, 1.807) is 23.0 Å². The number of hydrogen-bond donors (Lipinski definition) is 2. The smallest absolute Gasteiger partial charge is 0.240 e. The highest BCUT2D eigenvalue weighted by molar-refractivity contribution is 7.89. The van der Waals surface area contributed by atoms with Crippen molar-refractivity contribution < 1.29 is 13.2 Å². The second kappa shape index (κ2) is 8.16. The molecule has 0 radical (unpaired) electrons. The molecule has 2 aromatic heterocycles. The zero-order valence-electron chi connectivity index (χ0n) is 17.1. The number of carbonyl (C=O) groups excluding carboxylic acids is 1. The summed E-state index contributed by atoms with van der Waals surface area (Å²) in [5.74, 6) is -0.286. The number of rotatable bonds is 6. The number of carbonyl (C=O) groups is 1. The van der Waals surface area contributed by atoms with Crippen LogP contribution in [0, 0.1) is 6.92 Å². The lowest BCUT2D eigenvalue weighted by Gasteiger charge is -2.16. The van der Waals surface area contributed by atoms with Crippen LogP contribution in [0.15, 0.2) is 35.4 Å². The molecule has 0 atom stereocenters. The van der Waals surface area contributed by atoms with E-state index in [-0.39, 0.29) is 23.8 Å². The third-order valence-electron chi connectivity index (χ3n) is 5.42. The minimum atomic E-state index is -3.65. The molecule has 1 aliphatic rings. The summed E-state index contributed by atoms with van der Waals surface area (Å²) in [4.78, 5) is 16.8. The third-order valence-corrected chi connectivity index (χ3v) is 6.88. The molecule has 30 heavy (non-hydrogen) atoms. The molecule has 0 saturated heterocycles. The summed E-state index contributed by atoms with van der Waals surface area (Å²) in [7, 11) is -1.83. The molecule has 1 aliphatic carbocycles. The second-order valence-electron chi connectivity index (χ2n) is 7.64. The Hall–Kier alpha value is -2.78. The van der Waals surface area contributed by atoms with Gasteiger partial charge in [0.25, 0.3) is 0 Å². The Morgan fingerprint density at radius 2 is 1.93 bits per heavy atom. The maximum absolute atomic E-state index is 12.6. The van der Waals surface area contributed by atoms with Gasteiger partial charge in [-0.05, 0) is 61.9 Å². The molecule has 0 unspecified atom stereocenters. The number of hydrogen-bond acceptors (Lipinski definition) is 5. The number of pyridine rings is 1. The topological polar surface area (TPSA) is 106 Å². The number of nitrogens with one attached hydrogen (secondary N) is 2. The Kier molecular flexibility index (Phi) is 5.57. The van der Waals surface area contributed by atoms with E-state index in [1.807, 2.05) is 26.1 Å². The molecule has 0 fully saturated rings. The number of amides is 1. The molecule has 2 N–H and O–H groups in total. The van der Waals surface area contributed by atoms with Gasteiger partial charge in [-0.15, -0.1) is 0 Å². The van der Waals surface area contributed by atoms with E-state index in [1.165, 1.54) is 5.56 Å². The summed E-state index contributed by atoms with van der Waals surface area (Å²) < 4.78 is 29.4. The Morgan fingerprint density at radius 3 is 2.73 bits per heavy atom. The van der Waals surface area contributed by atoms with Crippen molar-refractivity contribution in [2.45, 2.75) is 43.9 Å². The first-order valence-electron chi connectivity index (χ1n) is 10.0. The molecule has 0 aliphatic heterocycles. The van der Waals surface area contributed by atoms with E-state index < -0.39 is 10.0 Å². The summed E-state index contributed by atoms with van der Waals surface area (Å²) >= 11 is 0. The van der Waals surface area contributed by atoms with Crippen molar-refractivity contribution in [3.63, 3.8) is 0 Å².